The lowest BCUT2D eigenvalue weighted by molar-refractivity contribution is 0.272. The summed E-state index contributed by atoms with van der Waals surface area (Å²) in [4.78, 5) is 2.38. The Morgan fingerprint density at radius 1 is 1.12 bits per heavy atom. The third kappa shape index (κ3) is 5.99. The number of rotatable bonds is 4. The third-order valence-corrected chi connectivity index (χ3v) is 2.52. The Balaban J connectivity index is 5.01. The summed E-state index contributed by atoms with van der Waals surface area (Å²) in [6.07, 6.45) is 3.41. The summed E-state index contributed by atoms with van der Waals surface area (Å²) in [6, 6.07) is 0. The number of hydrogen-bond acceptors (Lipinski definition) is 1. The van der Waals surface area contributed by atoms with Gasteiger partial charge in [-0.15, -0.1) is 0 Å². The maximum absolute atomic E-state index is 2.38. The normalized spacial score (nSPS) is 13.2. The molecule has 1 heteroatoms. The summed E-state index contributed by atoms with van der Waals surface area (Å²) in [7, 11) is 2.19. The minimum Gasteiger partial charge on any atom is -0.374 e. The van der Waals surface area contributed by atoms with Crippen LogP contribution in [0.3, 0.4) is 0 Å². The van der Waals surface area contributed by atoms with Crippen LogP contribution in [0, 0.1) is 5.41 Å². The van der Waals surface area contributed by atoms with Gasteiger partial charge in [0.2, 0.25) is 0 Å². The maximum atomic E-state index is 2.38. The first-order valence-corrected chi connectivity index (χ1v) is 6.23. The van der Waals surface area contributed by atoms with Crippen LogP contribution in [0.15, 0.2) is 22.9 Å². The first-order valence-electron chi connectivity index (χ1n) is 6.23. The zero-order chi connectivity index (χ0) is 12.9. The van der Waals surface area contributed by atoms with E-state index < -0.39 is 0 Å². The second-order valence-electron chi connectivity index (χ2n) is 6.16. The molecule has 0 aliphatic heterocycles. The largest absolute Gasteiger partial charge is 0.374 e. The topological polar surface area (TPSA) is 3.24 Å². The molecule has 0 unspecified atom stereocenters. The van der Waals surface area contributed by atoms with Gasteiger partial charge in [0.15, 0.2) is 0 Å². The molecule has 0 aromatic carbocycles. The molecule has 0 radical (unpaired) electrons. The van der Waals surface area contributed by atoms with Crippen molar-refractivity contribution in [2.24, 2.45) is 5.41 Å². The van der Waals surface area contributed by atoms with Crippen LogP contribution in [0.1, 0.15) is 54.9 Å². The van der Waals surface area contributed by atoms with Gasteiger partial charge in [0, 0.05) is 19.3 Å². The van der Waals surface area contributed by atoms with Crippen LogP contribution in [0.25, 0.3) is 0 Å². The predicted molar refractivity (Wildman–Crippen MR) is 74.5 cm³/mol. The van der Waals surface area contributed by atoms with E-state index >= 15 is 0 Å². The van der Waals surface area contributed by atoms with Crippen LogP contribution >= 0.6 is 0 Å². The van der Waals surface area contributed by atoms with Crippen molar-refractivity contribution in [3.63, 3.8) is 0 Å². The highest BCUT2D eigenvalue weighted by Gasteiger charge is 2.15. The molecule has 0 heterocycles. The van der Waals surface area contributed by atoms with E-state index in [1.54, 1.807) is 0 Å². The number of hydrogen-bond donors (Lipinski definition) is 0. The van der Waals surface area contributed by atoms with Crippen LogP contribution in [0.4, 0.5) is 0 Å². The molecular weight excluding hydrogens is 194 g/mol. The van der Waals surface area contributed by atoms with Gasteiger partial charge in [-0.3, -0.25) is 0 Å². The van der Waals surface area contributed by atoms with Gasteiger partial charge in [-0.2, -0.15) is 0 Å². The SMILES string of the molecule is CC/C(C)=C(\C=C(C)C)N(C)CC(C)(C)C. The van der Waals surface area contributed by atoms with Gasteiger partial charge in [-0.25, -0.2) is 0 Å². The first kappa shape index (κ1) is 15.3. The monoisotopic (exact) mass is 223 g/mol. The standard InChI is InChI=1S/C15H29N/c1-9-13(4)14(10-12(2)3)16(8)11-15(5,6)7/h10H,9,11H2,1-8H3/b14-13+. The maximum Gasteiger partial charge on any atom is 0.0352 e. The van der Waals surface area contributed by atoms with Crippen LogP contribution in [-0.2, 0) is 0 Å². The van der Waals surface area contributed by atoms with E-state index in [1.807, 2.05) is 0 Å². The number of allylic oxidation sites excluding steroid dienone is 3. The molecule has 0 spiro atoms. The number of likely N-dealkylation sites (N-methyl/N-ethyl adjacent to an activating group) is 1. The Morgan fingerprint density at radius 2 is 1.62 bits per heavy atom. The molecule has 0 aromatic rings. The summed E-state index contributed by atoms with van der Waals surface area (Å²) < 4.78 is 0. The summed E-state index contributed by atoms with van der Waals surface area (Å²) in [5.41, 5.74) is 4.55. The molecule has 0 N–H and O–H groups in total. The Hall–Kier alpha value is -0.720. The molecule has 0 aliphatic carbocycles. The van der Waals surface area contributed by atoms with Crippen LogP contribution < -0.4 is 0 Å². The summed E-state index contributed by atoms with van der Waals surface area (Å²) in [5.74, 6) is 0. The van der Waals surface area contributed by atoms with Crippen molar-refractivity contribution in [1.82, 2.24) is 4.90 Å². The average Bonchev–Trinajstić information content (AvgIpc) is 2.09. The third-order valence-electron chi connectivity index (χ3n) is 2.52. The molecular formula is C15H29N. The van der Waals surface area contributed by atoms with E-state index in [0.29, 0.717) is 5.41 Å². The lowest BCUT2D eigenvalue weighted by atomic mass is 9.95. The molecule has 0 aromatic heterocycles. The van der Waals surface area contributed by atoms with Crippen LogP contribution in [0.2, 0.25) is 0 Å². The predicted octanol–water partition coefficient (Wildman–Crippen LogP) is 4.61. The van der Waals surface area contributed by atoms with Gasteiger partial charge in [-0.1, -0.05) is 38.8 Å². The Labute approximate surface area is 102 Å². The fraction of sp³-hybridized carbons (Fsp3) is 0.733. The van der Waals surface area contributed by atoms with Crippen molar-refractivity contribution in [2.75, 3.05) is 13.6 Å². The van der Waals surface area contributed by atoms with Crippen LogP contribution in [0.5, 0.6) is 0 Å². The second kappa shape index (κ2) is 6.12. The van der Waals surface area contributed by atoms with Gasteiger partial charge in [0.05, 0.1) is 0 Å². The Bertz CT molecular complexity index is 272. The quantitative estimate of drug-likeness (QED) is 0.629. The molecule has 0 saturated carbocycles. The van der Waals surface area contributed by atoms with Crippen molar-refractivity contribution >= 4 is 0 Å². The summed E-state index contributed by atoms with van der Waals surface area (Å²) in [6.45, 7) is 16.7. The molecule has 0 bridgehead atoms. The molecule has 0 aliphatic rings. The van der Waals surface area contributed by atoms with Crippen molar-refractivity contribution in [3.05, 3.63) is 22.9 Å². The minimum atomic E-state index is 0.337. The van der Waals surface area contributed by atoms with Crippen molar-refractivity contribution in [2.45, 2.75) is 54.9 Å². The lowest BCUT2D eigenvalue weighted by Crippen LogP contribution is -2.29. The van der Waals surface area contributed by atoms with Gasteiger partial charge in [0.1, 0.15) is 0 Å². The van der Waals surface area contributed by atoms with E-state index in [9.17, 15) is 0 Å². The molecule has 0 fully saturated rings. The first-order chi connectivity index (χ1) is 7.17. The molecule has 0 saturated heterocycles. The van der Waals surface area contributed by atoms with Gasteiger partial charge < -0.3 is 4.90 Å². The summed E-state index contributed by atoms with van der Waals surface area (Å²) in [5, 5.41) is 0. The highest BCUT2D eigenvalue weighted by atomic mass is 15.1. The highest BCUT2D eigenvalue weighted by molar-refractivity contribution is 5.25. The Morgan fingerprint density at radius 3 is 1.94 bits per heavy atom. The summed E-state index contributed by atoms with van der Waals surface area (Å²) >= 11 is 0. The van der Waals surface area contributed by atoms with Gasteiger partial charge >= 0.3 is 0 Å². The van der Waals surface area contributed by atoms with E-state index in [0.717, 1.165) is 13.0 Å². The average molecular weight is 223 g/mol. The van der Waals surface area contributed by atoms with Gasteiger partial charge in [-0.05, 0) is 38.7 Å². The second-order valence-corrected chi connectivity index (χ2v) is 6.16. The lowest BCUT2D eigenvalue weighted by Gasteiger charge is -2.30. The zero-order valence-electron chi connectivity index (χ0n) is 12.4. The molecule has 0 rings (SSSR count). The molecule has 0 amide bonds. The highest BCUT2D eigenvalue weighted by Crippen LogP contribution is 2.21. The van der Waals surface area contributed by atoms with Crippen molar-refractivity contribution < 1.29 is 0 Å². The molecule has 0 atom stereocenters. The number of nitrogens with zero attached hydrogens (tertiary/aromatic N) is 1. The minimum absolute atomic E-state index is 0.337. The molecule has 16 heavy (non-hydrogen) atoms. The Kier molecular flexibility index (Phi) is 5.85. The molecule has 94 valence electrons. The van der Waals surface area contributed by atoms with E-state index in [1.165, 1.54) is 16.8 Å². The van der Waals surface area contributed by atoms with E-state index in [2.05, 4.69) is 66.5 Å². The zero-order valence-corrected chi connectivity index (χ0v) is 12.4. The molecule has 1 nitrogen and oxygen atoms in total. The van der Waals surface area contributed by atoms with Gasteiger partial charge in [0.25, 0.3) is 0 Å². The van der Waals surface area contributed by atoms with Crippen molar-refractivity contribution in [1.29, 1.82) is 0 Å². The fourth-order valence-corrected chi connectivity index (χ4v) is 1.81. The van der Waals surface area contributed by atoms with E-state index in [-0.39, 0.29) is 0 Å². The van der Waals surface area contributed by atoms with E-state index in [4.69, 9.17) is 0 Å². The fourth-order valence-electron chi connectivity index (χ4n) is 1.81. The van der Waals surface area contributed by atoms with Crippen LogP contribution in [-0.4, -0.2) is 18.5 Å². The smallest absolute Gasteiger partial charge is 0.0352 e. The van der Waals surface area contributed by atoms with Crippen molar-refractivity contribution in [3.8, 4) is 0 Å².